The van der Waals surface area contributed by atoms with Crippen LogP contribution in [-0.4, -0.2) is 38.7 Å². The second kappa shape index (κ2) is 6.71. The van der Waals surface area contributed by atoms with E-state index in [0.29, 0.717) is 10.6 Å². The number of nitrogens with zero attached hydrogens (tertiary/aromatic N) is 1. The lowest BCUT2D eigenvalue weighted by molar-refractivity contribution is -0.140. The second-order valence-electron chi connectivity index (χ2n) is 4.46. The maximum Gasteiger partial charge on any atom is 0.323 e. The highest BCUT2D eigenvalue weighted by molar-refractivity contribution is 8.26. The summed E-state index contributed by atoms with van der Waals surface area (Å²) in [4.78, 5) is 35.2. The predicted molar refractivity (Wildman–Crippen MR) is 88.3 cm³/mol. The monoisotopic (exact) mass is 336 g/mol. The molecule has 0 saturated carbocycles. The lowest BCUT2D eigenvalue weighted by Crippen LogP contribution is -2.33. The van der Waals surface area contributed by atoms with Crippen LogP contribution < -0.4 is 5.32 Å². The van der Waals surface area contributed by atoms with E-state index in [2.05, 4.69) is 5.32 Å². The molecule has 0 aromatic heterocycles. The molecule has 0 bridgehead atoms. The van der Waals surface area contributed by atoms with Crippen LogP contribution in [0.25, 0.3) is 6.08 Å². The van der Waals surface area contributed by atoms with Crippen molar-refractivity contribution in [3.63, 3.8) is 0 Å². The number of carboxylic acid groups (broad SMARTS) is 1. The first-order chi connectivity index (χ1) is 10.4. The van der Waals surface area contributed by atoms with E-state index < -0.39 is 18.4 Å². The number of hydrogen-bond donors (Lipinski definition) is 2. The van der Waals surface area contributed by atoms with Gasteiger partial charge < -0.3 is 10.4 Å². The Kier molecular flexibility index (Phi) is 4.94. The van der Waals surface area contributed by atoms with Gasteiger partial charge in [0.15, 0.2) is 0 Å². The Morgan fingerprint density at radius 3 is 2.55 bits per heavy atom. The highest BCUT2D eigenvalue weighted by Gasteiger charge is 2.33. The molecule has 114 valence electrons. The molecule has 1 saturated heterocycles. The summed E-state index contributed by atoms with van der Waals surface area (Å²) in [6.45, 7) is 0.977. The fraction of sp³-hybridized carbons (Fsp3) is 0.143. The Bertz CT molecular complexity index is 683. The molecule has 0 unspecified atom stereocenters. The topological polar surface area (TPSA) is 86.7 Å². The van der Waals surface area contributed by atoms with Crippen molar-refractivity contribution < 1.29 is 19.5 Å². The minimum absolute atomic E-state index is 0.165. The maximum absolute atomic E-state index is 12.1. The Labute approximate surface area is 136 Å². The van der Waals surface area contributed by atoms with Gasteiger partial charge >= 0.3 is 5.97 Å². The third kappa shape index (κ3) is 3.92. The van der Waals surface area contributed by atoms with Crippen molar-refractivity contribution in [2.45, 2.75) is 6.92 Å². The van der Waals surface area contributed by atoms with Gasteiger partial charge in [0.2, 0.25) is 5.91 Å². The number of hydrogen-bond acceptors (Lipinski definition) is 5. The standard InChI is InChI=1S/C14H12N2O4S2/c1-8(17)15-10-4-2-9(3-5-10)6-11-13(20)16(7-12(18)19)14(21)22-11/h2-6H,7H2,1H3,(H,15,17)(H,18,19). The SMILES string of the molecule is CC(=O)Nc1ccc(C=C2SC(=S)N(CC(=O)O)C2=O)cc1. The highest BCUT2D eigenvalue weighted by atomic mass is 32.2. The maximum atomic E-state index is 12.1. The van der Waals surface area contributed by atoms with Crippen molar-refractivity contribution in [2.24, 2.45) is 0 Å². The summed E-state index contributed by atoms with van der Waals surface area (Å²) in [5.74, 6) is -1.69. The summed E-state index contributed by atoms with van der Waals surface area (Å²) in [5.41, 5.74) is 1.41. The lowest BCUT2D eigenvalue weighted by Gasteiger charge is -2.10. The van der Waals surface area contributed by atoms with E-state index in [0.717, 1.165) is 22.2 Å². The van der Waals surface area contributed by atoms with Crippen LogP contribution in [0.4, 0.5) is 5.69 Å². The molecule has 2 amide bonds. The number of amides is 2. The van der Waals surface area contributed by atoms with Crippen LogP contribution in [0.5, 0.6) is 0 Å². The first-order valence-corrected chi connectivity index (χ1v) is 7.44. The number of carboxylic acids is 1. The number of thioether (sulfide) groups is 1. The zero-order chi connectivity index (χ0) is 16.3. The molecular formula is C14H12N2O4S2. The van der Waals surface area contributed by atoms with Gasteiger partial charge in [0.25, 0.3) is 5.91 Å². The summed E-state index contributed by atoms with van der Waals surface area (Å²) >= 11 is 6.08. The number of rotatable bonds is 4. The number of nitrogens with one attached hydrogen (secondary N) is 1. The smallest absolute Gasteiger partial charge is 0.323 e. The quantitative estimate of drug-likeness (QED) is 0.645. The van der Waals surface area contributed by atoms with Gasteiger partial charge in [0.1, 0.15) is 10.9 Å². The zero-order valence-corrected chi connectivity index (χ0v) is 13.2. The van der Waals surface area contributed by atoms with Crippen LogP contribution in [0.3, 0.4) is 0 Å². The number of thiocarbonyl (C=S) groups is 1. The molecule has 0 atom stereocenters. The van der Waals surface area contributed by atoms with Gasteiger partial charge in [-0.3, -0.25) is 19.3 Å². The minimum atomic E-state index is -1.11. The number of aliphatic carboxylic acids is 1. The van der Waals surface area contributed by atoms with Gasteiger partial charge in [-0.15, -0.1) is 0 Å². The first kappa shape index (κ1) is 16.2. The fourth-order valence-corrected chi connectivity index (χ4v) is 3.04. The molecule has 1 heterocycles. The van der Waals surface area contributed by atoms with E-state index in [4.69, 9.17) is 17.3 Å². The molecule has 2 rings (SSSR count). The number of carbonyl (C=O) groups is 3. The largest absolute Gasteiger partial charge is 0.480 e. The predicted octanol–water partition coefficient (Wildman–Crippen LogP) is 1.93. The van der Waals surface area contributed by atoms with Gasteiger partial charge in [0, 0.05) is 12.6 Å². The Morgan fingerprint density at radius 2 is 2.00 bits per heavy atom. The molecule has 1 aromatic rings. The summed E-state index contributed by atoms with van der Waals surface area (Å²) in [6.07, 6.45) is 1.64. The van der Waals surface area contributed by atoms with Crippen molar-refractivity contribution >= 4 is 57.8 Å². The molecule has 6 nitrogen and oxygen atoms in total. The zero-order valence-electron chi connectivity index (χ0n) is 11.5. The second-order valence-corrected chi connectivity index (χ2v) is 6.14. The molecule has 1 aliphatic heterocycles. The van der Waals surface area contributed by atoms with Crippen LogP contribution in [-0.2, 0) is 14.4 Å². The van der Waals surface area contributed by atoms with E-state index in [-0.39, 0.29) is 10.2 Å². The average Bonchev–Trinajstić information content (AvgIpc) is 2.68. The van der Waals surface area contributed by atoms with Gasteiger partial charge in [-0.1, -0.05) is 36.1 Å². The molecule has 1 aromatic carbocycles. The minimum Gasteiger partial charge on any atom is -0.480 e. The van der Waals surface area contributed by atoms with Gasteiger partial charge in [-0.25, -0.2) is 0 Å². The van der Waals surface area contributed by atoms with Crippen molar-refractivity contribution in [1.82, 2.24) is 4.90 Å². The average molecular weight is 336 g/mol. The van der Waals surface area contributed by atoms with Crippen molar-refractivity contribution in [1.29, 1.82) is 0 Å². The van der Waals surface area contributed by atoms with Crippen molar-refractivity contribution in [3.8, 4) is 0 Å². The normalized spacial score (nSPS) is 16.2. The molecule has 8 heteroatoms. The number of anilines is 1. The van der Waals surface area contributed by atoms with E-state index in [1.54, 1.807) is 30.3 Å². The lowest BCUT2D eigenvalue weighted by atomic mass is 10.2. The van der Waals surface area contributed by atoms with Crippen LogP contribution in [0, 0.1) is 0 Å². The first-order valence-electron chi connectivity index (χ1n) is 6.21. The summed E-state index contributed by atoms with van der Waals surface area (Å²) in [6, 6.07) is 6.92. The Morgan fingerprint density at radius 1 is 1.36 bits per heavy atom. The van der Waals surface area contributed by atoms with Gasteiger partial charge in [-0.05, 0) is 23.8 Å². The van der Waals surface area contributed by atoms with Crippen LogP contribution in [0.2, 0.25) is 0 Å². The number of benzene rings is 1. The summed E-state index contributed by atoms with van der Waals surface area (Å²) in [5, 5.41) is 11.4. The Balaban J connectivity index is 2.16. The summed E-state index contributed by atoms with van der Waals surface area (Å²) in [7, 11) is 0. The molecular weight excluding hydrogens is 324 g/mol. The fourth-order valence-electron chi connectivity index (χ4n) is 1.79. The van der Waals surface area contributed by atoms with Crippen molar-refractivity contribution in [3.05, 3.63) is 34.7 Å². The van der Waals surface area contributed by atoms with Gasteiger partial charge in [-0.2, -0.15) is 0 Å². The van der Waals surface area contributed by atoms with Crippen LogP contribution >= 0.6 is 24.0 Å². The van der Waals surface area contributed by atoms with Crippen LogP contribution in [0.1, 0.15) is 12.5 Å². The van der Waals surface area contributed by atoms with E-state index >= 15 is 0 Å². The highest BCUT2D eigenvalue weighted by Crippen LogP contribution is 2.32. The molecule has 0 radical (unpaired) electrons. The third-order valence-electron chi connectivity index (χ3n) is 2.70. The van der Waals surface area contributed by atoms with Crippen molar-refractivity contribution in [2.75, 3.05) is 11.9 Å². The Hall–Kier alpha value is -2.19. The van der Waals surface area contributed by atoms with Crippen LogP contribution in [0.15, 0.2) is 29.2 Å². The molecule has 0 spiro atoms. The summed E-state index contributed by atoms with van der Waals surface area (Å²) < 4.78 is 0.230. The van der Waals surface area contributed by atoms with E-state index in [9.17, 15) is 14.4 Å². The van der Waals surface area contributed by atoms with E-state index in [1.165, 1.54) is 6.92 Å². The number of carbonyl (C=O) groups excluding carboxylic acids is 2. The van der Waals surface area contributed by atoms with Gasteiger partial charge in [0.05, 0.1) is 4.91 Å². The van der Waals surface area contributed by atoms with E-state index in [1.807, 2.05) is 0 Å². The third-order valence-corrected chi connectivity index (χ3v) is 4.07. The molecule has 0 aliphatic carbocycles. The molecule has 22 heavy (non-hydrogen) atoms. The molecule has 1 fully saturated rings. The molecule has 2 N–H and O–H groups in total. The molecule has 1 aliphatic rings.